The van der Waals surface area contributed by atoms with Gasteiger partial charge >= 0.3 is 5.97 Å². The summed E-state index contributed by atoms with van der Waals surface area (Å²) in [6, 6.07) is -0.672. The van der Waals surface area contributed by atoms with Gasteiger partial charge in [-0.2, -0.15) is 0 Å². The molecule has 112 valence electrons. The van der Waals surface area contributed by atoms with Crippen molar-refractivity contribution < 1.29 is 14.3 Å². The average molecular weight is 299 g/mol. The normalized spacial score (nSPS) is 14.4. The van der Waals surface area contributed by atoms with Crippen LogP contribution in [0, 0.1) is 5.92 Å². The lowest BCUT2D eigenvalue weighted by Crippen LogP contribution is -2.47. The van der Waals surface area contributed by atoms with Crippen LogP contribution in [0.15, 0.2) is 6.20 Å². The molecule has 0 bridgehead atoms. The van der Waals surface area contributed by atoms with Crippen LogP contribution < -0.4 is 5.32 Å². The van der Waals surface area contributed by atoms with Crippen LogP contribution in [0.3, 0.4) is 0 Å². The molecule has 1 amide bonds. The molecule has 0 aromatic carbocycles. The van der Waals surface area contributed by atoms with Gasteiger partial charge in [0.05, 0.1) is 6.20 Å². The second kappa shape index (κ2) is 6.78. The molecule has 6 nitrogen and oxygen atoms in total. The summed E-state index contributed by atoms with van der Waals surface area (Å²) < 4.78 is 8.99. The standard InChI is InChI=1S/C13H21N3O3S/c1-6-8(2)10(12(18)19-13(3,4)5)15-11(17)9-7-14-16-20-9/h7-8,10H,6H2,1-5H3,(H,15,17)/t8-,10-/m0/s1. The van der Waals surface area contributed by atoms with E-state index in [0.29, 0.717) is 4.88 Å². The SMILES string of the molecule is CC[C@H](C)[C@H](NC(=O)c1cnns1)C(=O)OC(C)(C)C. The molecule has 0 radical (unpaired) electrons. The number of hydrogen-bond donors (Lipinski definition) is 1. The van der Waals surface area contributed by atoms with Crippen molar-refractivity contribution in [3.05, 3.63) is 11.1 Å². The van der Waals surface area contributed by atoms with Gasteiger partial charge < -0.3 is 10.1 Å². The van der Waals surface area contributed by atoms with Crippen molar-refractivity contribution in [2.45, 2.75) is 52.7 Å². The molecule has 0 saturated carbocycles. The Kier molecular flexibility index (Phi) is 5.62. The Morgan fingerprint density at radius 3 is 2.55 bits per heavy atom. The Bertz CT molecular complexity index is 454. The van der Waals surface area contributed by atoms with Crippen molar-refractivity contribution in [1.82, 2.24) is 14.9 Å². The molecule has 0 saturated heterocycles. The molecular weight excluding hydrogens is 278 g/mol. The van der Waals surface area contributed by atoms with Crippen molar-refractivity contribution in [1.29, 1.82) is 0 Å². The number of carbonyl (C=O) groups excluding carboxylic acids is 2. The third-order valence-electron chi connectivity index (χ3n) is 2.75. The maximum atomic E-state index is 12.2. The maximum absolute atomic E-state index is 12.2. The molecule has 0 spiro atoms. The van der Waals surface area contributed by atoms with Crippen LogP contribution in [-0.4, -0.2) is 33.1 Å². The van der Waals surface area contributed by atoms with Gasteiger partial charge in [-0.3, -0.25) is 4.79 Å². The van der Waals surface area contributed by atoms with E-state index in [9.17, 15) is 9.59 Å². The van der Waals surface area contributed by atoms with Crippen molar-refractivity contribution in [3.8, 4) is 0 Å². The highest BCUT2D eigenvalue weighted by atomic mass is 32.1. The van der Waals surface area contributed by atoms with Gasteiger partial charge in [0.15, 0.2) is 0 Å². The van der Waals surface area contributed by atoms with E-state index < -0.39 is 17.6 Å². The maximum Gasteiger partial charge on any atom is 0.329 e. The number of amides is 1. The molecule has 1 heterocycles. The first-order valence-corrected chi connectivity index (χ1v) is 7.33. The quantitative estimate of drug-likeness (QED) is 0.841. The number of rotatable bonds is 5. The molecule has 1 aromatic rings. The Morgan fingerprint density at radius 1 is 1.45 bits per heavy atom. The minimum absolute atomic E-state index is 0.0188. The fourth-order valence-corrected chi connectivity index (χ4v) is 1.93. The summed E-state index contributed by atoms with van der Waals surface area (Å²) in [6.07, 6.45) is 2.13. The molecule has 20 heavy (non-hydrogen) atoms. The highest BCUT2D eigenvalue weighted by molar-refractivity contribution is 7.07. The first-order valence-electron chi connectivity index (χ1n) is 6.55. The topological polar surface area (TPSA) is 81.2 Å². The lowest BCUT2D eigenvalue weighted by Gasteiger charge is -2.27. The van der Waals surface area contributed by atoms with Gasteiger partial charge in [0, 0.05) is 0 Å². The monoisotopic (exact) mass is 299 g/mol. The van der Waals surface area contributed by atoms with Gasteiger partial charge in [0.1, 0.15) is 16.5 Å². The molecule has 1 rings (SSSR count). The number of esters is 1. The third-order valence-corrected chi connectivity index (χ3v) is 3.41. The van der Waals surface area contributed by atoms with Crippen LogP contribution >= 0.6 is 11.5 Å². The Balaban J connectivity index is 2.79. The number of carbonyl (C=O) groups is 2. The molecule has 1 N–H and O–H groups in total. The fraction of sp³-hybridized carbons (Fsp3) is 0.692. The van der Waals surface area contributed by atoms with Crippen molar-refractivity contribution in [2.24, 2.45) is 5.92 Å². The Hall–Kier alpha value is -1.50. The highest BCUT2D eigenvalue weighted by Gasteiger charge is 2.31. The predicted molar refractivity (Wildman–Crippen MR) is 76.5 cm³/mol. The molecule has 0 aliphatic heterocycles. The minimum Gasteiger partial charge on any atom is -0.458 e. The largest absolute Gasteiger partial charge is 0.458 e. The summed E-state index contributed by atoms with van der Waals surface area (Å²) in [6.45, 7) is 9.26. The summed E-state index contributed by atoms with van der Waals surface area (Å²) >= 11 is 0.992. The Morgan fingerprint density at radius 2 is 2.10 bits per heavy atom. The summed E-state index contributed by atoms with van der Waals surface area (Å²) in [5.41, 5.74) is -0.584. The number of nitrogens with zero attached hydrogens (tertiary/aromatic N) is 2. The van der Waals surface area contributed by atoms with Crippen LogP contribution in [0.4, 0.5) is 0 Å². The van der Waals surface area contributed by atoms with Gasteiger partial charge in [0.25, 0.3) is 5.91 Å². The van der Waals surface area contributed by atoms with Gasteiger partial charge in [-0.25, -0.2) is 4.79 Å². The first-order chi connectivity index (χ1) is 9.24. The van der Waals surface area contributed by atoms with E-state index in [1.807, 2.05) is 13.8 Å². The van der Waals surface area contributed by atoms with E-state index in [1.165, 1.54) is 6.20 Å². The van der Waals surface area contributed by atoms with Crippen molar-refractivity contribution in [2.75, 3.05) is 0 Å². The molecule has 0 aliphatic carbocycles. The zero-order valence-corrected chi connectivity index (χ0v) is 13.3. The zero-order valence-electron chi connectivity index (χ0n) is 12.5. The lowest BCUT2D eigenvalue weighted by atomic mass is 9.99. The summed E-state index contributed by atoms with van der Waals surface area (Å²) in [5, 5.41) is 6.32. The van der Waals surface area contributed by atoms with E-state index in [0.717, 1.165) is 18.0 Å². The Labute approximate surface area is 123 Å². The van der Waals surface area contributed by atoms with Crippen LogP contribution in [0.25, 0.3) is 0 Å². The first kappa shape index (κ1) is 16.6. The van der Waals surface area contributed by atoms with Gasteiger partial charge in [-0.1, -0.05) is 24.8 Å². The lowest BCUT2D eigenvalue weighted by molar-refractivity contribution is -0.158. The van der Waals surface area contributed by atoms with Crippen molar-refractivity contribution in [3.63, 3.8) is 0 Å². The molecule has 0 aliphatic rings. The number of ether oxygens (including phenoxy) is 1. The van der Waals surface area contributed by atoms with Crippen molar-refractivity contribution >= 4 is 23.4 Å². The molecule has 1 aromatic heterocycles. The predicted octanol–water partition coefficient (Wildman–Crippen LogP) is 2.02. The van der Waals surface area contributed by atoms with E-state index in [2.05, 4.69) is 14.9 Å². The number of hydrogen-bond acceptors (Lipinski definition) is 6. The number of aromatic nitrogens is 2. The molecule has 7 heteroatoms. The second-order valence-electron chi connectivity index (χ2n) is 5.65. The number of nitrogens with one attached hydrogen (secondary N) is 1. The zero-order chi connectivity index (χ0) is 15.3. The summed E-state index contributed by atoms with van der Waals surface area (Å²) in [5.74, 6) is -0.788. The van der Waals surface area contributed by atoms with E-state index in [4.69, 9.17) is 4.74 Å². The van der Waals surface area contributed by atoms with Crippen LogP contribution in [0.5, 0.6) is 0 Å². The van der Waals surface area contributed by atoms with E-state index in [-0.39, 0.29) is 11.8 Å². The van der Waals surface area contributed by atoms with E-state index in [1.54, 1.807) is 20.8 Å². The second-order valence-corrected chi connectivity index (χ2v) is 6.44. The molecule has 2 atom stereocenters. The molecular formula is C13H21N3O3S. The summed E-state index contributed by atoms with van der Waals surface area (Å²) in [4.78, 5) is 24.6. The fourth-order valence-electron chi connectivity index (χ4n) is 1.51. The average Bonchev–Trinajstić information content (AvgIpc) is 2.86. The smallest absolute Gasteiger partial charge is 0.329 e. The van der Waals surface area contributed by atoms with Crippen LogP contribution in [0.1, 0.15) is 50.7 Å². The molecule has 0 fully saturated rings. The minimum atomic E-state index is -0.672. The highest BCUT2D eigenvalue weighted by Crippen LogP contribution is 2.15. The third kappa shape index (κ3) is 4.88. The van der Waals surface area contributed by atoms with E-state index >= 15 is 0 Å². The summed E-state index contributed by atoms with van der Waals surface area (Å²) in [7, 11) is 0. The molecule has 0 unspecified atom stereocenters. The van der Waals surface area contributed by atoms with Crippen LogP contribution in [-0.2, 0) is 9.53 Å². The van der Waals surface area contributed by atoms with Gasteiger partial charge in [0.2, 0.25) is 0 Å². The van der Waals surface area contributed by atoms with Crippen LogP contribution in [0.2, 0.25) is 0 Å². The van der Waals surface area contributed by atoms with Gasteiger partial charge in [-0.05, 0) is 38.2 Å². The van der Waals surface area contributed by atoms with Gasteiger partial charge in [-0.15, -0.1) is 5.10 Å².